The Bertz CT molecular complexity index is 943. The summed E-state index contributed by atoms with van der Waals surface area (Å²) in [5.74, 6) is -0.249. The monoisotopic (exact) mass is 424 g/mol. The Morgan fingerprint density at radius 3 is 2.50 bits per heavy atom. The fourth-order valence-corrected chi connectivity index (χ4v) is 3.60. The number of aromatic nitrogens is 2. The molecule has 0 fully saturated rings. The number of urea groups is 1. The molecular weight excluding hydrogens is 400 g/mol. The van der Waals surface area contributed by atoms with E-state index >= 15 is 0 Å². The third-order valence-electron chi connectivity index (χ3n) is 3.74. The fraction of sp³-hybridized carbons (Fsp3) is 0.474. The van der Waals surface area contributed by atoms with E-state index in [0.717, 1.165) is 11.8 Å². The molecule has 1 aromatic carbocycles. The lowest BCUT2D eigenvalue weighted by atomic mass is 10.2. The zero-order chi connectivity index (χ0) is 21.0. The van der Waals surface area contributed by atoms with Crippen LogP contribution in [0.3, 0.4) is 0 Å². The van der Waals surface area contributed by atoms with Gasteiger partial charge in [-0.15, -0.1) is 0 Å². The Morgan fingerprint density at radius 2 is 1.89 bits per heavy atom. The van der Waals surface area contributed by atoms with E-state index in [1.165, 1.54) is 0 Å². The molecule has 0 saturated carbocycles. The highest BCUT2D eigenvalue weighted by Crippen LogP contribution is 2.24. The first-order valence-electron chi connectivity index (χ1n) is 9.06. The maximum atomic E-state index is 13.0. The van der Waals surface area contributed by atoms with Crippen molar-refractivity contribution in [3.05, 3.63) is 33.6 Å². The zero-order valence-corrected chi connectivity index (χ0v) is 18.1. The molecule has 1 aromatic heterocycles. The Kier molecular flexibility index (Phi) is 7.48. The van der Waals surface area contributed by atoms with Crippen LogP contribution in [0.25, 0.3) is 10.9 Å². The van der Waals surface area contributed by atoms with Crippen molar-refractivity contribution in [1.82, 2.24) is 20.2 Å². The quantitative estimate of drug-likeness (QED) is 0.547. The highest BCUT2D eigenvalue weighted by Gasteiger charge is 2.21. The molecule has 2 N–H and O–H groups in total. The van der Waals surface area contributed by atoms with Crippen LogP contribution >= 0.6 is 23.4 Å². The number of benzene rings is 1. The second-order valence-corrected chi connectivity index (χ2v) is 8.99. The number of imide groups is 1. The second-order valence-electron chi connectivity index (χ2n) is 7.24. The largest absolute Gasteiger partial charge is 0.336 e. The van der Waals surface area contributed by atoms with Crippen molar-refractivity contribution in [3.63, 3.8) is 0 Å². The topological polar surface area (TPSA) is 93.1 Å². The van der Waals surface area contributed by atoms with Gasteiger partial charge in [-0.3, -0.25) is 19.5 Å². The van der Waals surface area contributed by atoms with Crippen LogP contribution in [-0.4, -0.2) is 32.8 Å². The summed E-state index contributed by atoms with van der Waals surface area (Å²) in [6.45, 7) is 9.72. The predicted molar refractivity (Wildman–Crippen MR) is 113 cm³/mol. The first kappa shape index (κ1) is 22.2. The molecule has 1 atom stereocenters. The van der Waals surface area contributed by atoms with E-state index in [1.54, 1.807) is 43.5 Å². The molecule has 1 heterocycles. The average molecular weight is 425 g/mol. The van der Waals surface area contributed by atoms with Crippen LogP contribution < -0.4 is 16.2 Å². The summed E-state index contributed by atoms with van der Waals surface area (Å²) < 4.78 is 1.56. The van der Waals surface area contributed by atoms with Gasteiger partial charge >= 0.3 is 6.03 Å². The molecule has 152 valence electrons. The minimum absolute atomic E-state index is 0.0824. The molecule has 2 aromatic rings. The molecule has 0 aliphatic carbocycles. The van der Waals surface area contributed by atoms with E-state index in [4.69, 9.17) is 11.6 Å². The van der Waals surface area contributed by atoms with Gasteiger partial charge in [0.05, 0.1) is 16.2 Å². The number of hydrogen-bond acceptors (Lipinski definition) is 5. The Hall–Kier alpha value is -2.06. The molecule has 0 radical (unpaired) electrons. The van der Waals surface area contributed by atoms with Crippen LogP contribution in [0, 0.1) is 5.92 Å². The lowest BCUT2D eigenvalue weighted by Crippen LogP contribution is -2.45. The molecule has 0 saturated heterocycles. The SMILES string of the molecule is CC(C)Cn1c(S[C@H](C)C(=O)NC(=O)NC(C)C)nc2ccc(Cl)cc2c1=O. The lowest BCUT2D eigenvalue weighted by molar-refractivity contribution is -0.119. The van der Waals surface area contributed by atoms with Crippen LogP contribution in [0.2, 0.25) is 5.02 Å². The van der Waals surface area contributed by atoms with Gasteiger partial charge in [0.25, 0.3) is 5.56 Å². The first-order valence-corrected chi connectivity index (χ1v) is 10.3. The highest BCUT2D eigenvalue weighted by molar-refractivity contribution is 8.00. The summed E-state index contributed by atoms with van der Waals surface area (Å²) in [4.78, 5) is 41.6. The summed E-state index contributed by atoms with van der Waals surface area (Å²) in [5, 5.41) is 5.63. The standard InChI is InChI=1S/C19H25ClN4O3S/c1-10(2)9-24-17(26)14-8-13(20)6-7-15(14)22-19(24)28-12(5)16(25)23-18(27)21-11(3)4/h6-8,10-12H,9H2,1-5H3,(H2,21,23,25,27)/t12-/m1/s1. The number of thioether (sulfide) groups is 1. The number of nitrogens with zero attached hydrogens (tertiary/aromatic N) is 2. The molecule has 0 aliphatic rings. The Morgan fingerprint density at radius 1 is 1.21 bits per heavy atom. The molecule has 0 unspecified atom stereocenters. The van der Waals surface area contributed by atoms with E-state index in [9.17, 15) is 14.4 Å². The highest BCUT2D eigenvalue weighted by atomic mass is 35.5. The summed E-state index contributed by atoms with van der Waals surface area (Å²) in [5.41, 5.74) is 0.316. The maximum absolute atomic E-state index is 13.0. The lowest BCUT2D eigenvalue weighted by Gasteiger charge is -2.17. The van der Waals surface area contributed by atoms with E-state index in [-0.39, 0.29) is 17.5 Å². The molecule has 9 heteroatoms. The average Bonchev–Trinajstić information content (AvgIpc) is 2.57. The van der Waals surface area contributed by atoms with E-state index in [0.29, 0.717) is 27.6 Å². The van der Waals surface area contributed by atoms with Crippen LogP contribution in [0.4, 0.5) is 4.79 Å². The molecule has 2 rings (SSSR count). The van der Waals surface area contributed by atoms with Crippen molar-refractivity contribution in [2.75, 3.05) is 0 Å². The summed E-state index contributed by atoms with van der Waals surface area (Å²) in [7, 11) is 0. The molecule has 3 amide bonds. The second kappa shape index (κ2) is 9.43. The number of carbonyl (C=O) groups is 2. The van der Waals surface area contributed by atoms with Crippen LogP contribution in [-0.2, 0) is 11.3 Å². The van der Waals surface area contributed by atoms with Gasteiger partial charge in [0.15, 0.2) is 5.16 Å². The summed E-state index contributed by atoms with van der Waals surface area (Å²) >= 11 is 7.17. The number of fused-ring (bicyclic) bond motifs is 1. The van der Waals surface area contributed by atoms with Gasteiger partial charge in [-0.1, -0.05) is 37.2 Å². The third kappa shape index (κ3) is 5.72. The van der Waals surface area contributed by atoms with Crippen molar-refractivity contribution in [3.8, 4) is 0 Å². The van der Waals surface area contributed by atoms with Crippen molar-refractivity contribution in [2.24, 2.45) is 5.92 Å². The van der Waals surface area contributed by atoms with E-state index in [2.05, 4.69) is 15.6 Å². The number of nitrogens with one attached hydrogen (secondary N) is 2. The number of hydrogen-bond donors (Lipinski definition) is 2. The van der Waals surface area contributed by atoms with Crippen molar-refractivity contribution < 1.29 is 9.59 Å². The Balaban J connectivity index is 2.34. The van der Waals surface area contributed by atoms with Gasteiger partial charge in [0, 0.05) is 17.6 Å². The minimum atomic E-state index is -0.618. The van der Waals surface area contributed by atoms with E-state index < -0.39 is 17.2 Å². The van der Waals surface area contributed by atoms with Crippen LogP contribution in [0.1, 0.15) is 34.6 Å². The minimum Gasteiger partial charge on any atom is -0.336 e. The first-order chi connectivity index (χ1) is 13.1. The number of rotatable bonds is 6. The molecule has 0 aliphatic heterocycles. The normalized spacial score (nSPS) is 12.4. The van der Waals surface area contributed by atoms with Gasteiger partial charge in [0.1, 0.15) is 0 Å². The van der Waals surface area contributed by atoms with Crippen molar-refractivity contribution in [2.45, 2.75) is 57.6 Å². The maximum Gasteiger partial charge on any atom is 0.321 e. The number of halogens is 1. The fourth-order valence-electron chi connectivity index (χ4n) is 2.51. The molecule has 0 bridgehead atoms. The summed E-state index contributed by atoms with van der Waals surface area (Å²) in [6.07, 6.45) is 0. The molecule has 7 nitrogen and oxygen atoms in total. The van der Waals surface area contributed by atoms with Gasteiger partial charge in [-0.2, -0.15) is 0 Å². The zero-order valence-electron chi connectivity index (χ0n) is 16.6. The smallest absolute Gasteiger partial charge is 0.321 e. The molecular formula is C19H25ClN4O3S. The van der Waals surface area contributed by atoms with Gasteiger partial charge in [-0.25, -0.2) is 9.78 Å². The Labute approximate surface area is 173 Å². The number of amides is 3. The third-order valence-corrected chi connectivity index (χ3v) is 5.06. The predicted octanol–water partition coefficient (Wildman–Crippen LogP) is 3.42. The van der Waals surface area contributed by atoms with Gasteiger partial charge < -0.3 is 5.32 Å². The van der Waals surface area contributed by atoms with E-state index in [1.807, 2.05) is 13.8 Å². The summed E-state index contributed by atoms with van der Waals surface area (Å²) in [6, 6.07) is 4.33. The van der Waals surface area contributed by atoms with Crippen LogP contribution in [0.15, 0.2) is 28.2 Å². The van der Waals surface area contributed by atoms with Crippen molar-refractivity contribution >= 4 is 46.2 Å². The van der Waals surface area contributed by atoms with Gasteiger partial charge in [-0.05, 0) is 44.9 Å². The van der Waals surface area contributed by atoms with Gasteiger partial charge in [0.2, 0.25) is 5.91 Å². The number of carbonyl (C=O) groups excluding carboxylic acids is 2. The van der Waals surface area contributed by atoms with Crippen molar-refractivity contribution in [1.29, 1.82) is 0 Å². The molecule has 0 spiro atoms. The molecule has 28 heavy (non-hydrogen) atoms. The van der Waals surface area contributed by atoms with Crippen LogP contribution in [0.5, 0.6) is 0 Å².